The molecule has 0 bridgehead atoms. The van der Waals surface area contributed by atoms with E-state index in [0.29, 0.717) is 12.2 Å². The van der Waals surface area contributed by atoms with Gasteiger partial charge in [0.15, 0.2) is 5.69 Å². The van der Waals surface area contributed by atoms with Gasteiger partial charge in [0.1, 0.15) is 0 Å². The largest absolute Gasteiger partial charge is 0.351 e. The van der Waals surface area contributed by atoms with Crippen LogP contribution in [0.1, 0.15) is 22.5 Å². The first kappa shape index (κ1) is 20.2. The van der Waals surface area contributed by atoms with Gasteiger partial charge in [-0.2, -0.15) is 5.10 Å². The van der Waals surface area contributed by atoms with Gasteiger partial charge < -0.3 is 10.2 Å². The summed E-state index contributed by atoms with van der Waals surface area (Å²) < 4.78 is 1.45. The standard InChI is InChI=1S/C21H23N5O3/c1-24(16-17-7-3-2-4-8-17)13-6-12-22-21(27)20-11-14-25(23-20)18-9-5-10-19(15-18)26(28)29/h2-5,7-11,14-15H,6,12-13,16H2,1H3,(H,22,27). The van der Waals surface area contributed by atoms with Gasteiger partial charge in [0.2, 0.25) is 0 Å². The Morgan fingerprint density at radius 1 is 1.17 bits per heavy atom. The highest BCUT2D eigenvalue weighted by molar-refractivity contribution is 5.92. The van der Waals surface area contributed by atoms with Gasteiger partial charge in [-0.25, -0.2) is 4.68 Å². The summed E-state index contributed by atoms with van der Waals surface area (Å²) in [7, 11) is 2.05. The second-order valence-electron chi connectivity index (χ2n) is 6.76. The number of aromatic nitrogens is 2. The van der Waals surface area contributed by atoms with Crippen LogP contribution < -0.4 is 5.32 Å². The van der Waals surface area contributed by atoms with Crippen LogP contribution in [0.5, 0.6) is 0 Å². The van der Waals surface area contributed by atoms with E-state index in [2.05, 4.69) is 34.5 Å². The van der Waals surface area contributed by atoms with Gasteiger partial charge in [0.25, 0.3) is 11.6 Å². The van der Waals surface area contributed by atoms with E-state index in [1.165, 1.54) is 22.4 Å². The molecule has 8 nitrogen and oxygen atoms in total. The number of hydrogen-bond acceptors (Lipinski definition) is 5. The van der Waals surface area contributed by atoms with Crippen LogP contribution in [0, 0.1) is 10.1 Å². The molecule has 2 aromatic carbocycles. The van der Waals surface area contributed by atoms with Crippen LogP contribution in [0.4, 0.5) is 5.69 Å². The van der Waals surface area contributed by atoms with Crippen molar-refractivity contribution in [3.05, 3.63) is 88.2 Å². The molecule has 150 valence electrons. The van der Waals surface area contributed by atoms with Gasteiger partial charge in [-0.3, -0.25) is 14.9 Å². The Labute approximate surface area is 168 Å². The first-order valence-corrected chi connectivity index (χ1v) is 9.34. The van der Waals surface area contributed by atoms with Gasteiger partial charge in [-0.05, 0) is 37.7 Å². The third-order valence-electron chi connectivity index (χ3n) is 4.42. The van der Waals surface area contributed by atoms with Crippen LogP contribution in [0.2, 0.25) is 0 Å². The van der Waals surface area contributed by atoms with Crippen molar-refractivity contribution in [2.75, 3.05) is 20.1 Å². The molecule has 0 aliphatic rings. The van der Waals surface area contributed by atoms with E-state index in [1.807, 2.05) is 18.2 Å². The molecule has 1 heterocycles. The molecule has 0 fully saturated rings. The first-order valence-electron chi connectivity index (χ1n) is 9.34. The fraction of sp³-hybridized carbons (Fsp3) is 0.238. The van der Waals surface area contributed by atoms with E-state index in [4.69, 9.17) is 0 Å². The lowest BCUT2D eigenvalue weighted by Crippen LogP contribution is -2.28. The topological polar surface area (TPSA) is 93.3 Å². The van der Waals surface area contributed by atoms with Gasteiger partial charge in [0, 0.05) is 31.4 Å². The summed E-state index contributed by atoms with van der Waals surface area (Å²) in [5, 5.41) is 18.0. The monoisotopic (exact) mass is 393 g/mol. The number of carbonyl (C=O) groups is 1. The number of amides is 1. The summed E-state index contributed by atoms with van der Waals surface area (Å²) in [5.74, 6) is -0.264. The highest BCUT2D eigenvalue weighted by Crippen LogP contribution is 2.16. The molecule has 0 aliphatic heterocycles. The molecule has 1 N–H and O–H groups in total. The van der Waals surface area contributed by atoms with E-state index in [1.54, 1.807) is 24.4 Å². The van der Waals surface area contributed by atoms with Crippen molar-refractivity contribution >= 4 is 11.6 Å². The Bertz CT molecular complexity index is 971. The van der Waals surface area contributed by atoms with Crippen LogP contribution in [0.15, 0.2) is 66.9 Å². The van der Waals surface area contributed by atoms with Gasteiger partial charge in [0.05, 0.1) is 10.6 Å². The SMILES string of the molecule is CN(CCCNC(=O)c1ccn(-c2cccc([N+](=O)[O-])c2)n1)Cc1ccccc1. The van der Waals surface area contributed by atoms with E-state index in [-0.39, 0.29) is 17.3 Å². The third kappa shape index (κ3) is 5.73. The molecule has 8 heteroatoms. The molecule has 0 radical (unpaired) electrons. The summed E-state index contributed by atoms with van der Waals surface area (Å²) >= 11 is 0. The maximum atomic E-state index is 12.3. The molecular formula is C21H23N5O3. The lowest BCUT2D eigenvalue weighted by atomic mass is 10.2. The Balaban J connectivity index is 1.47. The zero-order chi connectivity index (χ0) is 20.6. The Morgan fingerprint density at radius 2 is 1.97 bits per heavy atom. The van der Waals surface area contributed by atoms with E-state index in [9.17, 15) is 14.9 Å². The van der Waals surface area contributed by atoms with Crippen molar-refractivity contribution in [3.8, 4) is 5.69 Å². The second kappa shape index (κ2) is 9.61. The van der Waals surface area contributed by atoms with Crippen LogP contribution in [-0.4, -0.2) is 45.6 Å². The Kier molecular flexibility index (Phi) is 6.70. The molecule has 0 atom stereocenters. The molecule has 3 rings (SSSR count). The minimum Gasteiger partial charge on any atom is -0.351 e. The van der Waals surface area contributed by atoms with Crippen molar-refractivity contribution in [2.24, 2.45) is 0 Å². The molecule has 3 aromatic rings. The van der Waals surface area contributed by atoms with Crippen molar-refractivity contribution in [1.82, 2.24) is 20.0 Å². The minimum absolute atomic E-state index is 0.0244. The number of benzene rings is 2. The van der Waals surface area contributed by atoms with Gasteiger partial charge in [-0.15, -0.1) is 0 Å². The smallest absolute Gasteiger partial charge is 0.271 e. The summed E-state index contributed by atoms with van der Waals surface area (Å²) in [6.07, 6.45) is 2.43. The third-order valence-corrected chi connectivity index (χ3v) is 4.42. The first-order chi connectivity index (χ1) is 14.0. The van der Waals surface area contributed by atoms with Crippen molar-refractivity contribution in [2.45, 2.75) is 13.0 Å². The lowest BCUT2D eigenvalue weighted by Gasteiger charge is -2.16. The average molecular weight is 393 g/mol. The summed E-state index contributed by atoms with van der Waals surface area (Å²) in [6, 6.07) is 17.9. The quantitative estimate of drug-likeness (QED) is 0.343. The zero-order valence-electron chi connectivity index (χ0n) is 16.2. The second-order valence-corrected chi connectivity index (χ2v) is 6.76. The number of nitro benzene ring substituents is 1. The molecule has 29 heavy (non-hydrogen) atoms. The minimum atomic E-state index is -0.463. The highest BCUT2D eigenvalue weighted by atomic mass is 16.6. The van der Waals surface area contributed by atoms with Crippen molar-refractivity contribution < 1.29 is 9.72 Å². The average Bonchev–Trinajstić information content (AvgIpc) is 3.22. The number of nitrogens with one attached hydrogen (secondary N) is 1. The number of non-ortho nitro benzene ring substituents is 1. The van der Waals surface area contributed by atoms with E-state index < -0.39 is 4.92 Å². The van der Waals surface area contributed by atoms with Crippen molar-refractivity contribution in [1.29, 1.82) is 0 Å². The maximum absolute atomic E-state index is 12.3. The molecule has 0 spiro atoms. The number of carbonyl (C=O) groups excluding carboxylic acids is 1. The van der Waals surface area contributed by atoms with E-state index in [0.717, 1.165) is 19.5 Å². The fourth-order valence-corrected chi connectivity index (χ4v) is 2.95. The van der Waals surface area contributed by atoms with Crippen LogP contribution in [0.25, 0.3) is 5.69 Å². The molecular weight excluding hydrogens is 370 g/mol. The summed E-state index contributed by atoms with van der Waals surface area (Å²) in [5.41, 5.74) is 2.03. The number of hydrogen-bond donors (Lipinski definition) is 1. The Hall–Kier alpha value is -3.52. The molecule has 1 amide bonds. The summed E-state index contributed by atoms with van der Waals surface area (Å²) in [4.78, 5) is 24.9. The van der Waals surface area contributed by atoms with Crippen LogP contribution in [-0.2, 0) is 6.54 Å². The summed E-state index contributed by atoms with van der Waals surface area (Å²) in [6.45, 7) is 2.27. The van der Waals surface area contributed by atoms with Crippen LogP contribution in [0.3, 0.4) is 0 Å². The number of rotatable bonds is 9. The van der Waals surface area contributed by atoms with Crippen molar-refractivity contribution in [3.63, 3.8) is 0 Å². The predicted octanol–water partition coefficient (Wildman–Crippen LogP) is 3.03. The molecule has 1 aromatic heterocycles. The normalized spacial score (nSPS) is 10.8. The number of nitrogens with zero attached hydrogens (tertiary/aromatic N) is 4. The zero-order valence-corrected chi connectivity index (χ0v) is 16.2. The maximum Gasteiger partial charge on any atom is 0.271 e. The molecule has 0 unspecified atom stereocenters. The predicted molar refractivity (Wildman–Crippen MR) is 110 cm³/mol. The van der Waals surface area contributed by atoms with Crippen LogP contribution >= 0.6 is 0 Å². The fourth-order valence-electron chi connectivity index (χ4n) is 2.95. The Morgan fingerprint density at radius 3 is 2.72 bits per heavy atom. The number of nitro groups is 1. The van der Waals surface area contributed by atoms with Gasteiger partial charge >= 0.3 is 0 Å². The van der Waals surface area contributed by atoms with Gasteiger partial charge in [-0.1, -0.05) is 36.4 Å². The molecule has 0 aliphatic carbocycles. The van der Waals surface area contributed by atoms with E-state index >= 15 is 0 Å². The highest BCUT2D eigenvalue weighted by Gasteiger charge is 2.12. The molecule has 0 saturated carbocycles. The lowest BCUT2D eigenvalue weighted by molar-refractivity contribution is -0.384. The molecule has 0 saturated heterocycles.